The molecule has 0 saturated heterocycles. The number of benzene rings is 2. The lowest BCUT2D eigenvalue weighted by Crippen LogP contribution is -1.97. The largest absolute Gasteiger partial charge is 0.494 e. The van der Waals surface area contributed by atoms with Gasteiger partial charge in [0, 0.05) is 5.56 Å². The maximum Gasteiger partial charge on any atom is 0.213 e. The minimum absolute atomic E-state index is 0.460. The number of pyridine rings is 1. The van der Waals surface area contributed by atoms with Crippen LogP contribution in [0.4, 0.5) is 4.39 Å². The molecule has 0 spiro atoms. The van der Waals surface area contributed by atoms with Crippen LogP contribution in [-0.2, 0) is 0 Å². The average Bonchev–Trinajstić information content (AvgIpc) is 2.74. The summed E-state index contributed by atoms with van der Waals surface area (Å²) in [4.78, 5) is 3.93. The Bertz CT molecular complexity index is 843. The van der Waals surface area contributed by atoms with E-state index >= 15 is 0 Å². The van der Waals surface area contributed by atoms with Crippen LogP contribution < -0.4 is 4.74 Å². The van der Waals surface area contributed by atoms with Gasteiger partial charge in [0.1, 0.15) is 5.75 Å². The summed E-state index contributed by atoms with van der Waals surface area (Å²) in [6, 6.07) is 21.1. The first kappa shape index (κ1) is 20.1. The first-order valence-electron chi connectivity index (χ1n) is 10.2. The zero-order chi connectivity index (χ0) is 19.6. The molecule has 0 N–H and O–H groups in total. The van der Waals surface area contributed by atoms with Gasteiger partial charge in [-0.25, -0.2) is 4.98 Å². The monoisotopic (exact) mass is 377 g/mol. The number of halogens is 1. The van der Waals surface area contributed by atoms with Gasteiger partial charge in [-0.3, -0.25) is 0 Å². The predicted molar refractivity (Wildman–Crippen MR) is 114 cm³/mol. The second-order valence-electron chi connectivity index (χ2n) is 7.06. The van der Waals surface area contributed by atoms with Crippen LogP contribution in [0.1, 0.15) is 45.4 Å². The molecule has 0 radical (unpaired) electrons. The fourth-order valence-electron chi connectivity index (χ4n) is 3.22. The van der Waals surface area contributed by atoms with E-state index in [-0.39, 0.29) is 0 Å². The predicted octanol–water partition coefficient (Wildman–Crippen LogP) is 7.29. The molecule has 2 nitrogen and oxygen atoms in total. The van der Waals surface area contributed by atoms with Crippen molar-refractivity contribution in [2.75, 3.05) is 6.61 Å². The second kappa shape index (κ2) is 10.6. The van der Waals surface area contributed by atoms with Gasteiger partial charge >= 0.3 is 0 Å². The molecule has 2 aromatic carbocycles. The van der Waals surface area contributed by atoms with E-state index in [1.165, 1.54) is 38.2 Å². The number of rotatable bonds is 10. The average molecular weight is 378 g/mol. The minimum atomic E-state index is -0.460. The summed E-state index contributed by atoms with van der Waals surface area (Å²) in [7, 11) is 0. The van der Waals surface area contributed by atoms with Crippen molar-refractivity contribution in [3.05, 3.63) is 72.7 Å². The summed E-state index contributed by atoms with van der Waals surface area (Å²) in [5.74, 6) is 0.455. The third kappa shape index (κ3) is 5.91. The SMILES string of the molecule is CCCCCCCCOc1ccc(-c2ccc(-c3cccc(F)n3)cc2)cc1. The van der Waals surface area contributed by atoms with Crippen molar-refractivity contribution in [2.45, 2.75) is 45.4 Å². The highest BCUT2D eigenvalue weighted by molar-refractivity contribution is 5.69. The molecule has 3 heteroatoms. The molecule has 0 aliphatic carbocycles. The van der Waals surface area contributed by atoms with Crippen LogP contribution in [0.3, 0.4) is 0 Å². The van der Waals surface area contributed by atoms with Crippen molar-refractivity contribution in [1.82, 2.24) is 4.98 Å². The summed E-state index contributed by atoms with van der Waals surface area (Å²) < 4.78 is 19.1. The number of hydrogen-bond acceptors (Lipinski definition) is 2. The molecule has 146 valence electrons. The fourth-order valence-corrected chi connectivity index (χ4v) is 3.22. The van der Waals surface area contributed by atoms with Gasteiger partial charge in [-0.15, -0.1) is 0 Å². The highest BCUT2D eigenvalue weighted by Gasteiger charge is 2.03. The van der Waals surface area contributed by atoms with E-state index in [0.717, 1.165) is 35.5 Å². The Morgan fingerprint density at radius 2 is 1.32 bits per heavy atom. The van der Waals surface area contributed by atoms with Crippen LogP contribution in [0.25, 0.3) is 22.4 Å². The Kier molecular flexibility index (Phi) is 7.60. The standard InChI is InChI=1S/C25H28FNO/c1-2-3-4-5-6-7-19-28-23-17-15-21(16-18-23)20-11-13-22(14-12-20)24-9-8-10-25(26)27-24/h8-18H,2-7,19H2,1H3. The summed E-state index contributed by atoms with van der Waals surface area (Å²) in [6.07, 6.45) is 7.61. The molecule has 3 aromatic rings. The molecule has 0 unspecified atom stereocenters. The molecular weight excluding hydrogens is 349 g/mol. The van der Waals surface area contributed by atoms with E-state index < -0.39 is 5.95 Å². The molecular formula is C25H28FNO. The highest BCUT2D eigenvalue weighted by atomic mass is 19.1. The molecule has 28 heavy (non-hydrogen) atoms. The summed E-state index contributed by atoms with van der Waals surface area (Å²) in [5, 5.41) is 0. The van der Waals surface area contributed by atoms with Gasteiger partial charge in [-0.2, -0.15) is 4.39 Å². The molecule has 3 rings (SSSR count). The molecule has 0 atom stereocenters. The Morgan fingerprint density at radius 3 is 2.00 bits per heavy atom. The maximum atomic E-state index is 13.3. The van der Waals surface area contributed by atoms with Crippen molar-refractivity contribution in [1.29, 1.82) is 0 Å². The van der Waals surface area contributed by atoms with Crippen molar-refractivity contribution >= 4 is 0 Å². The lowest BCUT2D eigenvalue weighted by molar-refractivity contribution is 0.304. The van der Waals surface area contributed by atoms with Gasteiger partial charge in [-0.1, -0.05) is 81.5 Å². The van der Waals surface area contributed by atoms with Gasteiger partial charge in [0.25, 0.3) is 0 Å². The van der Waals surface area contributed by atoms with Crippen molar-refractivity contribution < 1.29 is 9.13 Å². The molecule has 1 heterocycles. The first-order valence-corrected chi connectivity index (χ1v) is 10.2. The van der Waals surface area contributed by atoms with Gasteiger partial charge in [0.2, 0.25) is 5.95 Å². The van der Waals surface area contributed by atoms with Gasteiger partial charge in [-0.05, 0) is 41.8 Å². The van der Waals surface area contributed by atoms with Crippen molar-refractivity contribution in [3.8, 4) is 28.1 Å². The zero-order valence-electron chi connectivity index (χ0n) is 16.5. The quantitative estimate of drug-likeness (QED) is 0.273. The zero-order valence-corrected chi connectivity index (χ0v) is 16.5. The minimum Gasteiger partial charge on any atom is -0.494 e. The lowest BCUT2D eigenvalue weighted by atomic mass is 10.0. The molecule has 0 aliphatic heterocycles. The van der Waals surface area contributed by atoms with Crippen LogP contribution in [-0.4, -0.2) is 11.6 Å². The number of ether oxygens (including phenoxy) is 1. The molecule has 0 saturated carbocycles. The molecule has 0 fully saturated rings. The maximum absolute atomic E-state index is 13.3. The summed E-state index contributed by atoms with van der Waals surface area (Å²) in [5.41, 5.74) is 3.79. The third-order valence-corrected chi connectivity index (χ3v) is 4.85. The highest BCUT2D eigenvalue weighted by Crippen LogP contribution is 2.25. The van der Waals surface area contributed by atoms with Crippen LogP contribution in [0.5, 0.6) is 5.75 Å². The third-order valence-electron chi connectivity index (χ3n) is 4.85. The van der Waals surface area contributed by atoms with Gasteiger partial charge in [0.05, 0.1) is 12.3 Å². The van der Waals surface area contributed by atoms with E-state index in [1.807, 2.05) is 42.5 Å². The van der Waals surface area contributed by atoms with Gasteiger partial charge < -0.3 is 4.74 Å². The molecule has 0 amide bonds. The van der Waals surface area contributed by atoms with Crippen molar-refractivity contribution in [2.24, 2.45) is 0 Å². The number of hydrogen-bond donors (Lipinski definition) is 0. The number of aromatic nitrogens is 1. The van der Waals surface area contributed by atoms with E-state index in [1.54, 1.807) is 6.07 Å². The number of nitrogens with zero attached hydrogens (tertiary/aromatic N) is 1. The van der Waals surface area contributed by atoms with Crippen LogP contribution in [0.2, 0.25) is 0 Å². The molecule has 0 bridgehead atoms. The molecule has 1 aromatic heterocycles. The van der Waals surface area contributed by atoms with Crippen LogP contribution >= 0.6 is 0 Å². The van der Waals surface area contributed by atoms with Crippen molar-refractivity contribution in [3.63, 3.8) is 0 Å². The fraction of sp³-hybridized carbons (Fsp3) is 0.320. The summed E-state index contributed by atoms with van der Waals surface area (Å²) in [6.45, 7) is 3.02. The lowest BCUT2D eigenvalue weighted by Gasteiger charge is -2.08. The Labute approximate surface area is 167 Å². The number of unbranched alkanes of at least 4 members (excludes halogenated alkanes) is 5. The topological polar surface area (TPSA) is 22.1 Å². The van der Waals surface area contributed by atoms with E-state index in [0.29, 0.717) is 5.69 Å². The van der Waals surface area contributed by atoms with E-state index in [9.17, 15) is 4.39 Å². The van der Waals surface area contributed by atoms with E-state index in [4.69, 9.17) is 4.74 Å². The second-order valence-corrected chi connectivity index (χ2v) is 7.06. The first-order chi connectivity index (χ1) is 13.8. The smallest absolute Gasteiger partial charge is 0.213 e. The Balaban J connectivity index is 1.52. The van der Waals surface area contributed by atoms with E-state index in [2.05, 4.69) is 24.0 Å². The normalized spacial score (nSPS) is 10.8. The Morgan fingerprint density at radius 1 is 0.714 bits per heavy atom. The summed E-state index contributed by atoms with van der Waals surface area (Å²) >= 11 is 0. The van der Waals surface area contributed by atoms with Crippen LogP contribution in [0.15, 0.2) is 66.7 Å². The van der Waals surface area contributed by atoms with Crippen LogP contribution in [0, 0.1) is 5.95 Å². The van der Waals surface area contributed by atoms with Gasteiger partial charge in [0.15, 0.2) is 0 Å². The Hall–Kier alpha value is -2.68. The molecule has 0 aliphatic rings.